The van der Waals surface area contributed by atoms with E-state index in [9.17, 15) is 9.59 Å². The number of aryl methyl sites for hydroxylation is 1. The molecular weight excluding hydrogens is 308 g/mol. The molecule has 0 bridgehead atoms. The minimum absolute atomic E-state index is 0.0792. The summed E-state index contributed by atoms with van der Waals surface area (Å²) in [6.45, 7) is 2.96. The molecule has 0 aliphatic carbocycles. The number of nitrogens with one attached hydrogen (secondary N) is 1. The lowest BCUT2D eigenvalue weighted by molar-refractivity contribution is -0.127. The number of rotatable bonds is 6. The van der Waals surface area contributed by atoms with Crippen molar-refractivity contribution < 1.29 is 14.2 Å². The molecule has 1 fully saturated rings. The monoisotopic (exact) mass is 328 g/mol. The molecule has 3 rings (SSSR count). The molecule has 126 valence electrons. The van der Waals surface area contributed by atoms with Crippen molar-refractivity contribution in [3.63, 3.8) is 0 Å². The van der Waals surface area contributed by atoms with E-state index in [0.717, 1.165) is 6.42 Å². The molecular formula is C17H20N4O3. The number of nitrogens with zero attached hydrogens (tertiary/aromatic N) is 3. The van der Waals surface area contributed by atoms with Crippen LogP contribution >= 0.6 is 0 Å². The van der Waals surface area contributed by atoms with Crippen LogP contribution in [-0.2, 0) is 22.4 Å². The molecule has 1 aromatic carbocycles. The zero-order chi connectivity index (χ0) is 16.9. The van der Waals surface area contributed by atoms with Crippen LogP contribution in [0.5, 0.6) is 0 Å². The zero-order valence-electron chi connectivity index (χ0n) is 13.6. The van der Waals surface area contributed by atoms with Crippen molar-refractivity contribution in [3.8, 4) is 0 Å². The highest BCUT2D eigenvalue weighted by atomic mass is 16.6. The van der Waals surface area contributed by atoms with Crippen LogP contribution in [0.15, 0.2) is 35.0 Å². The Balaban J connectivity index is 1.47. The van der Waals surface area contributed by atoms with Crippen LogP contribution in [0.2, 0.25) is 0 Å². The van der Waals surface area contributed by atoms with E-state index in [-0.39, 0.29) is 24.3 Å². The number of hydrogen-bond acceptors (Lipinski definition) is 5. The number of carbonyl (C=O) groups excluding carboxylic acids is 2. The Morgan fingerprint density at radius 1 is 1.33 bits per heavy atom. The summed E-state index contributed by atoms with van der Waals surface area (Å²) in [7, 11) is 0. The number of hydrogen-bond donors (Lipinski definition) is 1. The average molecular weight is 328 g/mol. The van der Waals surface area contributed by atoms with Gasteiger partial charge in [0.05, 0.1) is 12.5 Å². The molecule has 0 saturated carbocycles. The van der Waals surface area contributed by atoms with Gasteiger partial charge in [-0.05, 0) is 18.9 Å². The Kier molecular flexibility index (Phi) is 4.88. The number of likely N-dealkylation sites (tertiary alicyclic amines) is 1. The Hall–Kier alpha value is -2.70. The standard InChI is InChI=1S/C17H20N4O3/c1-12-15(20-24-19-12)10-16(22)18-14-9-17(23)21(11-14)8-7-13-5-3-2-4-6-13/h2-6,14H,7-11H2,1H3,(H,18,22). The number of amides is 2. The highest BCUT2D eigenvalue weighted by Gasteiger charge is 2.30. The first-order valence-corrected chi connectivity index (χ1v) is 8.01. The molecule has 0 radical (unpaired) electrons. The topological polar surface area (TPSA) is 88.3 Å². The summed E-state index contributed by atoms with van der Waals surface area (Å²) in [5.74, 6) is -0.0907. The van der Waals surface area contributed by atoms with Gasteiger partial charge in [0.2, 0.25) is 11.8 Å². The van der Waals surface area contributed by atoms with Gasteiger partial charge in [-0.3, -0.25) is 9.59 Å². The molecule has 0 spiro atoms. The van der Waals surface area contributed by atoms with Crippen LogP contribution in [0.3, 0.4) is 0 Å². The van der Waals surface area contributed by atoms with E-state index >= 15 is 0 Å². The Bertz CT molecular complexity index is 714. The predicted octanol–water partition coefficient (Wildman–Crippen LogP) is 0.880. The molecule has 2 aromatic rings. The van der Waals surface area contributed by atoms with Crippen LogP contribution in [0.4, 0.5) is 0 Å². The van der Waals surface area contributed by atoms with E-state index in [0.29, 0.717) is 30.9 Å². The fraction of sp³-hybridized carbons (Fsp3) is 0.412. The molecule has 1 aliphatic rings. The SMILES string of the molecule is Cc1nonc1CC(=O)NC1CC(=O)N(CCc2ccccc2)C1. The minimum atomic E-state index is -0.170. The third-order valence-electron chi connectivity index (χ3n) is 4.17. The summed E-state index contributed by atoms with van der Waals surface area (Å²) < 4.78 is 4.58. The van der Waals surface area contributed by atoms with Gasteiger partial charge in [0, 0.05) is 19.5 Å². The average Bonchev–Trinajstić information content (AvgIpc) is 3.12. The lowest BCUT2D eigenvalue weighted by atomic mass is 10.1. The summed E-state index contributed by atoms with van der Waals surface area (Å²) in [6, 6.07) is 9.90. The van der Waals surface area contributed by atoms with Crippen molar-refractivity contribution in [1.29, 1.82) is 0 Å². The summed E-state index contributed by atoms with van der Waals surface area (Å²) in [5, 5.41) is 10.2. The van der Waals surface area contributed by atoms with Crippen molar-refractivity contribution in [2.24, 2.45) is 0 Å². The van der Waals surface area contributed by atoms with Gasteiger partial charge in [-0.25, -0.2) is 4.63 Å². The molecule has 1 N–H and O–H groups in total. The first-order chi connectivity index (χ1) is 11.6. The van der Waals surface area contributed by atoms with Gasteiger partial charge in [-0.2, -0.15) is 0 Å². The van der Waals surface area contributed by atoms with Gasteiger partial charge in [0.15, 0.2) is 0 Å². The Labute approximate surface area is 140 Å². The largest absolute Gasteiger partial charge is 0.351 e. The number of benzene rings is 1. The van der Waals surface area contributed by atoms with Crippen molar-refractivity contribution in [2.45, 2.75) is 32.2 Å². The number of carbonyl (C=O) groups is 2. The smallest absolute Gasteiger partial charge is 0.226 e. The summed E-state index contributed by atoms with van der Waals surface area (Å²) in [6.07, 6.45) is 1.28. The molecule has 1 aromatic heterocycles. The molecule has 2 amide bonds. The minimum Gasteiger partial charge on any atom is -0.351 e. The highest BCUT2D eigenvalue weighted by molar-refractivity contribution is 5.83. The lowest BCUT2D eigenvalue weighted by Gasteiger charge is -2.17. The second-order valence-electron chi connectivity index (χ2n) is 6.02. The van der Waals surface area contributed by atoms with Crippen molar-refractivity contribution in [3.05, 3.63) is 47.3 Å². The molecule has 1 saturated heterocycles. The fourth-order valence-corrected chi connectivity index (χ4v) is 2.83. The molecule has 1 aliphatic heterocycles. The maximum absolute atomic E-state index is 12.1. The predicted molar refractivity (Wildman–Crippen MR) is 86.0 cm³/mol. The molecule has 7 heteroatoms. The van der Waals surface area contributed by atoms with Crippen LogP contribution in [-0.4, -0.2) is 46.2 Å². The van der Waals surface area contributed by atoms with Crippen LogP contribution < -0.4 is 5.32 Å². The van der Waals surface area contributed by atoms with Crippen LogP contribution in [0, 0.1) is 6.92 Å². The molecule has 1 atom stereocenters. The van der Waals surface area contributed by atoms with Crippen LogP contribution in [0.1, 0.15) is 23.4 Å². The van der Waals surface area contributed by atoms with Gasteiger partial charge in [0.25, 0.3) is 0 Å². The maximum Gasteiger partial charge on any atom is 0.226 e. The van der Waals surface area contributed by atoms with Crippen molar-refractivity contribution >= 4 is 11.8 Å². The summed E-state index contributed by atoms with van der Waals surface area (Å²) >= 11 is 0. The quantitative estimate of drug-likeness (QED) is 0.850. The van der Waals surface area contributed by atoms with Gasteiger partial charge in [-0.1, -0.05) is 40.6 Å². The van der Waals surface area contributed by atoms with Gasteiger partial charge >= 0.3 is 0 Å². The lowest BCUT2D eigenvalue weighted by Crippen LogP contribution is -2.38. The van der Waals surface area contributed by atoms with E-state index in [4.69, 9.17) is 0 Å². The normalized spacial score (nSPS) is 17.3. The second-order valence-corrected chi connectivity index (χ2v) is 6.02. The molecule has 2 heterocycles. The first kappa shape index (κ1) is 16.2. The van der Waals surface area contributed by atoms with Gasteiger partial charge in [-0.15, -0.1) is 0 Å². The van der Waals surface area contributed by atoms with Gasteiger partial charge < -0.3 is 10.2 Å². The van der Waals surface area contributed by atoms with E-state index in [1.165, 1.54) is 5.56 Å². The zero-order valence-corrected chi connectivity index (χ0v) is 13.6. The summed E-state index contributed by atoms with van der Waals surface area (Å²) in [4.78, 5) is 26.0. The second kappa shape index (κ2) is 7.25. The molecule has 7 nitrogen and oxygen atoms in total. The van der Waals surface area contributed by atoms with E-state index in [1.807, 2.05) is 30.3 Å². The van der Waals surface area contributed by atoms with Crippen LogP contribution in [0.25, 0.3) is 0 Å². The van der Waals surface area contributed by atoms with E-state index in [1.54, 1.807) is 11.8 Å². The third kappa shape index (κ3) is 3.98. The fourth-order valence-electron chi connectivity index (χ4n) is 2.83. The highest BCUT2D eigenvalue weighted by Crippen LogP contribution is 2.13. The van der Waals surface area contributed by atoms with E-state index in [2.05, 4.69) is 20.3 Å². The van der Waals surface area contributed by atoms with Crippen molar-refractivity contribution in [1.82, 2.24) is 20.5 Å². The number of aromatic nitrogens is 2. The molecule has 24 heavy (non-hydrogen) atoms. The molecule has 1 unspecified atom stereocenters. The van der Waals surface area contributed by atoms with Gasteiger partial charge in [0.1, 0.15) is 11.4 Å². The van der Waals surface area contributed by atoms with Crippen molar-refractivity contribution in [2.75, 3.05) is 13.1 Å². The Morgan fingerprint density at radius 3 is 2.83 bits per heavy atom. The third-order valence-corrected chi connectivity index (χ3v) is 4.17. The summed E-state index contributed by atoms with van der Waals surface area (Å²) in [5.41, 5.74) is 2.33. The Morgan fingerprint density at radius 2 is 2.12 bits per heavy atom. The maximum atomic E-state index is 12.1. The first-order valence-electron chi connectivity index (χ1n) is 8.01. The van der Waals surface area contributed by atoms with E-state index < -0.39 is 0 Å².